The quantitative estimate of drug-likeness (QED) is 0.202. The van der Waals surface area contributed by atoms with Crippen LogP contribution in [0.15, 0.2) is 47.2 Å². The number of likely N-dealkylation sites (tertiary alicyclic amines) is 1. The van der Waals surface area contributed by atoms with E-state index < -0.39 is 0 Å². The molecule has 1 atom stereocenters. The Labute approximate surface area is 246 Å². The number of aromatic amines is 1. The lowest BCUT2D eigenvalue weighted by Crippen LogP contribution is -2.33. The van der Waals surface area contributed by atoms with Crippen molar-refractivity contribution in [3.63, 3.8) is 0 Å². The first-order chi connectivity index (χ1) is 20.8. The van der Waals surface area contributed by atoms with Gasteiger partial charge in [-0.05, 0) is 37.1 Å². The fourth-order valence-corrected chi connectivity index (χ4v) is 5.11. The fraction of sp³-hybridized carbons (Fsp3) is 0.310. The molecule has 5 heterocycles. The van der Waals surface area contributed by atoms with E-state index >= 15 is 0 Å². The molecule has 0 aliphatic carbocycles. The van der Waals surface area contributed by atoms with Gasteiger partial charge in [-0.2, -0.15) is 5.10 Å². The van der Waals surface area contributed by atoms with Crippen molar-refractivity contribution >= 4 is 40.2 Å². The Morgan fingerprint density at radius 2 is 2.09 bits per heavy atom. The van der Waals surface area contributed by atoms with Crippen molar-refractivity contribution < 1.29 is 18.8 Å². The lowest BCUT2D eigenvalue weighted by molar-refractivity contribution is -0.117. The minimum atomic E-state index is -0.374. The van der Waals surface area contributed by atoms with E-state index in [4.69, 9.17) is 14.2 Å². The summed E-state index contributed by atoms with van der Waals surface area (Å²) in [6.07, 6.45) is 4.23. The van der Waals surface area contributed by atoms with Crippen molar-refractivity contribution in [3.8, 4) is 17.1 Å². The van der Waals surface area contributed by atoms with Gasteiger partial charge in [0.1, 0.15) is 6.10 Å². The summed E-state index contributed by atoms with van der Waals surface area (Å²) < 4.78 is 12.7. The van der Waals surface area contributed by atoms with E-state index in [-0.39, 0.29) is 36.1 Å². The van der Waals surface area contributed by atoms with Gasteiger partial charge in [-0.25, -0.2) is 9.97 Å². The second-order valence-electron chi connectivity index (χ2n) is 10.5. The monoisotopic (exact) mass is 584 g/mol. The number of amides is 2. The van der Waals surface area contributed by atoms with Crippen LogP contribution in [0.1, 0.15) is 28.2 Å². The molecule has 1 aliphatic heterocycles. The molecule has 1 aliphatic rings. The number of carbonyl (C=O) groups excluding carboxylic acids is 2. The summed E-state index contributed by atoms with van der Waals surface area (Å²) >= 11 is 0. The molecular weight excluding hydrogens is 552 g/mol. The topological polar surface area (TPSA) is 168 Å². The lowest BCUT2D eigenvalue weighted by atomic mass is 10.1. The smallest absolute Gasteiger partial charge is 0.289 e. The molecule has 0 spiro atoms. The summed E-state index contributed by atoms with van der Waals surface area (Å²) in [5, 5.41) is 17.9. The van der Waals surface area contributed by atoms with Gasteiger partial charge in [0.2, 0.25) is 17.6 Å². The average Bonchev–Trinajstić information content (AvgIpc) is 3.78. The highest BCUT2D eigenvalue weighted by Gasteiger charge is 2.27. The van der Waals surface area contributed by atoms with Crippen LogP contribution >= 0.6 is 0 Å². The van der Waals surface area contributed by atoms with Crippen molar-refractivity contribution in [2.24, 2.45) is 7.05 Å². The number of hydrogen-bond donors (Lipinski definition) is 4. The molecule has 6 rings (SSSR count). The third-order valence-electron chi connectivity index (χ3n) is 7.39. The lowest BCUT2D eigenvalue weighted by Gasteiger charge is -2.16. The van der Waals surface area contributed by atoms with Gasteiger partial charge in [0, 0.05) is 62.3 Å². The number of para-hydroxylation sites is 1. The number of nitrogens with one attached hydrogen (secondary N) is 4. The summed E-state index contributed by atoms with van der Waals surface area (Å²) in [6.45, 7) is 5.39. The zero-order valence-corrected chi connectivity index (χ0v) is 24.3. The van der Waals surface area contributed by atoms with Crippen molar-refractivity contribution in [2.45, 2.75) is 26.4 Å². The van der Waals surface area contributed by atoms with Gasteiger partial charge in [0.15, 0.2) is 5.82 Å². The first kappa shape index (κ1) is 27.9. The number of H-pyrrole nitrogens is 1. The third-order valence-corrected chi connectivity index (χ3v) is 7.39. The van der Waals surface area contributed by atoms with E-state index in [1.807, 2.05) is 56.3 Å². The highest BCUT2D eigenvalue weighted by atomic mass is 16.5. The SMILES string of the molecule is CNC(=O)c1cc(OC2CCN(CC(=O)Nc3cccc4c(-c5nc(Nc6cc(C)n(C)n6)ncc5C)c[nH]c34)C2)no1. The van der Waals surface area contributed by atoms with Gasteiger partial charge < -0.3 is 30.2 Å². The van der Waals surface area contributed by atoms with Crippen molar-refractivity contribution in [1.82, 2.24) is 40.1 Å². The predicted molar refractivity (Wildman–Crippen MR) is 159 cm³/mol. The molecule has 0 saturated carbocycles. The first-order valence-corrected chi connectivity index (χ1v) is 13.9. The maximum Gasteiger partial charge on any atom is 0.289 e. The minimum absolute atomic E-state index is 0.0833. The number of ether oxygens (including phenoxy) is 1. The summed E-state index contributed by atoms with van der Waals surface area (Å²) in [5.74, 6) is 0.936. The number of aromatic nitrogens is 6. The molecule has 0 bridgehead atoms. The number of carbonyl (C=O) groups is 2. The summed E-state index contributed by atoms with van der Waals surface area (Å²) in [6, 6.07) is 9.16. The van der Waals surface area contributed by atoms with Crippen molar-refractivity contribution in [3.05, 3.63) is 59.7 Å². The van der Waals surface area contributed by atoms with Crippen LogP contribution in [0.3, 0.4) is 0 Å². The third kappa shape index (κ3) is 5.90. The summed E-state index contributed by atoms with van der Waals surface area (Å²) in [5.41, 5.74) is 5.09. The Bertz CT molecular complexity index is 1790. The maximum atomic E-state index is 13.0. The molecule has 4 aromatic heterocycles. The van der Waals surface area contributed by atoms with Crippen molar-refractivity contribution in [2.75, 3.05) is 37.3 Å². The van der Waals surface area contributed by atoms with Crippen LogP contribution in [-0.4, -0.2) is 79.4 Å². The van der Waals surface area contributed by atoms with Crippen LogP contribution in [0, 0.1) is 13.8 Å². The Morgan fingerprint density at radius 3 is 2.88 bits per heavy atom. The molecule has 14 nitrogen and oxygen atoms in total. The van der Waals surface area contributed by atoms with Crippen LogP contribution in [0.25, 0.3) is 22.2 Å². The Kier molecular flexibility index (Phi) is 7.50. The standard InChI is InChI=1S/C29H32N10O4/c1-16-12-32-29(34-23-10-17(2)38(4)36-23)35-26(16)20-13-31-27-19(20)6-5-7-21(27)33-24(40)15-39-9-8-18(14-39)42-25-11-22(43-37-25)28(41)30-3/h5-7,10-13,18,31H,8-9,14-15H2,1-4H3,(H,30,41)(H,33,40)(H,32,34,35,36). The van der Waals surface area contributed by atoms with Crippen LogP contribution in [-0.2, 0) is 11.8 Å². The second kappa shape index (κ2) is 11.6. The number of fused-ring (bicyclic) bond motifs is 1. The number of aryl methyl sites for hydroxylation is 3. The Morgan fingerprint density at radius 1 is 1.23 bits per heavy atom. The summed E-state index contributed by atoms with van der Waals surface area (Å²) in [7, 11) is 3.39. The van der Waals surface area contributed by atoms with Gasteiger partial charge in [0.25, 0.3) is 11.8 Å². The van der Waals surface area contributed by atoms with Gasteiger partial charge in [-0.15, -0.1) is 0 Å². The van der Waals surface area contributed by atoms with Crippen LogP contribution in [0.2, 0.25) is 0 Å². The molecule has 1 saturated heterocycles. The highest BCUT2D eigenvalue weighted by molar-refractivity contribution is 6.06. The Hall–Kier alpha value is -5.24. The van der Waals surface area contributed by atoms with Crippen LogP contribution < -0.4 is 20.7 Å². The minimum Gasteiger partial charge on any atom is -0.471 e. The highest BCUT2D eigenvalue weighted by Crippen LogP contribution is 2.33. The van der Waals surface area contributed by atoms with Gasteiger partial charge in [0.05, 0.1) is 29.5 Å². The van der Waals surface area contributed by atoms with Gasteiger partial charge >= 0.3 is 0 Å². The maximum absolute atomic E-state index is 13.0. The number of hydrogen-bond acceptors (Lipinski definition) is 10. The molecular formula is C29H32N10O4. The number of benzene rings is 1. The molecule has 14 heteroatoms. The van der Waals surface area contributed by atoms with E-state index in [9.17, 15) is 9.59 Å². The number of rotatable bonds is 9. The molecule has 0 radical (unpaired) electrons. The van der Waals surface area contributed by atoms with Gasteiger partial charge in [-0.1, -0.05) is 12.1 Å². The molecule has 1 fully saturated rings. The molecule has 5 aromatic rings. The summed E-state index contributed by atoms with van der Waals surface area (Å²) in [4.78, 5) is 39.3. The molecule has 1 aromatic carbocycles. The molecule has 4 N–H and O–H groups in total. The number of anilines is 3. The van der Waals surface area contributed by atoms with E-state index in [1.54, 1.807) is 10.9 Å². The van der Waals surface area contributed by atoms with Crippen LogP contribution in [0.5, 0.6) is 5.88 Å². The van der Waals surface area contributed by atoms with Gasteiger partial charge in [-0.3, -0.25) is 19.2 Å². The first-order valence-electron chi connectivity index (χ1n) is 13.9. The zero-order chi connectivity index (χ0) is 30.1. The largest absolute Gasteiger partial charge is 0.471 e. The predicted octanol–water partition coefficient (Wildman–Crippen LogP) is 3.16. The molecule has 2 amide bonds. The normalized spacial score (nSPS) is 15.1. The average molecular weight is 585 g/mol. The van der Waals surface area contributed by atoms with E-state index in [1.165, 1.54) is 13.1 Å². The Balaban J connectivity index is 1.11. The molecule has 1 unspecified atom stereocenters. The molecule has 222 valence electrons. The number of nitrogens with zero attached hydrogens (tertiary/aromatic N) is 6. The fourth-order valence-electron chi connectivity index (χ4n) is 5.11. The zero-order valence-electron chi connectivity index (χ0n) is 24.3. The van der Waals surface area contributed by atoms with E-state index in [2.05, 4.69) is 36.2 Å². The van der Waals surface area contributed by atoms with Crippen molar-refractivity contribution in [1.29, 1.82) is 0 Å². The molecule has 43 heavy (non-hydrogen) atoms. The van der Waals surface area contributed by atoms with E-state index in [0.29, 0.717) is 30.5 Å². The van der Waals surface area contributed by atoms with Crippen LogP contribution in [0.4, 0.5) is 17.5 Å². The second-order valence-corrected chi connectivity index (χ2v) is 10.5. The van der Waals surface area contributed by atoms with E-state index in [0.717, 1.165) is 39.8 Å².